The van der Waals surface area contributed by atoms with E-state index < -0.39 is 35.2 Å². The maximum atomic E-state index is 13.8. The number of piperazine rings is 1. The summed E-state index contributed by atoms with van der Waals surface area (Å²) in [6, 6.07) is 1.36. The van der Waals surface area contributed by atoms with Gasteiger partial charge in [-0.2, -0.15) is 0 Å². The number of amides is 2. The Hall–Kier alpha value is -1.50. The summed E-state index contributed by atoms with van der Waals surface area (Å²) in [6.07, 6.45) is 0.362. The molecule has 1 aromatic carbocycles. The monoisotopic (exact) mass is 332 g/mol. The Morgan fingerprint density at radius 1 is 1.37 bits per heavy atom. The largest absolute Gasteiger partial charge is 0.343 e. The maximum Gasteiger partial charge on any atom is 0.250 e. The molecule has 1 N–H and O–H groups in total. The summed E-state index contributed by atoms with van der Waals surface area (Å²) in [4.78, 5) is 24.4. The first-order valence-corrected chi connectivity index (χ1v) is 6.48. The van der Waals surface area contributed by atoms with Crippen molar-refractivity contribution in [3.05, 3.63) is 28.2 Å². The van der Waals surface area contributed by atoms with Gasteiger partial charge in [-0.3, -0.25) is 14.5 Å². The van der Waals surface area contributed by atoms with Gasteiger partial charge in [-0.05, 0) is 18.6 Å². The fraction of sp³-hybridized carbons (Fsp3) is 0.333. The lowest BCUT2D eigenvalue weighted by Crippen LogP contribution is -2.58. The van der Waals surface area contributed by atoms with E-state index in [0.29, 0.717) is 6.42 Å². The van der Waals surface area contributed by atoms with Gasteiger partial charge in [-0.1, -0.05) is 22.9 Å². The Morgan fingerprint density at radius 3 is 2.47 bits per heavy atom. The van der Waals surface area contributed by atoms with Gasteiger partial charge in [0.25, 0.3) is 0 Å². The standard InChI is InChI=1S/C12H11BrF2N2O2/c1-2-9-12(19)17(5-10(18)16-9)11-7(14)3-6(13)4-8(11)15/h3-4,9H,2,5H2,1H3,(H,16,18). The Bertz CT molecular complexity index is 528. The van der Waals surface area contributed by atoms with Crippen LogP contribution in [0.15, 0.2) is 16.6 Å². The third kappa shape index (κ3) is 2.60. The highest BCUT2D eigenvalue weighted by Crippen LogP contribution is 2.28. The van der Waals surface area contributed by atoms with Crippen LogP contribution in [0, 0.1) is 11.6 Å². The summed E-state index contributed by atoms with van der Waals surface area (Å²) in [5, 5.41) is 2.48. The molecule has 0 saturated carbocycles. The summed E-state index contributed by atoms with van der Waals surface area (Å²) in [7, 11) is 0. The Morgan fingerprint density at radius 2 is 1.95 bits per heavy atom. The first-order chi connectivity index (χ1) is 8.93. The molecule has 0 bridgehead atoms. The zero-order valence-electron chi connectivity index (χ0n) is 10.0. The van der Waals surface area contributed by atoms with E-state index in [1.54, 1.807) is 6.92 Å². The zero-order valence-corrected chi connectivity index (χ0v) is 11.6. The van der Waals surface area contributed by atoms with Crippen molar-refractivity contribution in [1.29, 1.82) is 0 Å². The predicted octanol–water partition coefficient (Wildman–Crippen LogP) is 1.97. The van der Waals surface area contributed by atoms with Crippen LogP contribution < -0.4 is 10.2 Å². The van der Waals surface area contributed by atoms with Gasteiger partial charge in [0.2, 0.25) is 11.8 Å². The minimum atomic E-state index is -0.884. The van der Waals surface area contributed by atoms with E-state index in [1.165, 1.54) is 0 Å². The van der Waals surface area contributed by atoms with Crippen LogP contribution in [-0.4, -0.2) is 24.4 Å². The Balaban J connectivity index is 2.45. The average molecular weight is 333 g/mol. The van der Waals surface area contributed by atoms with Crippen molar-refractivity contribution in [3.63, 3.8) is 0 Å². The van der Waals surface area contributed by atoms with Gasteiger partial charge in [0.1, 0.15) is 18.3 Å². The van der Waals surface area contributed by atoms with E-state index in [9.17, 15) is 18.4 Å². The van der Waals surface area contributed by atoms with E-state index in [4.69, 9.17) is 0 Å². The summed E-state index contributed by atoms with van der Waals surface area (Å²) in [5.74, 6) is -2.72. The highest BCUT2D eigenvalue weighted by molar-refractivity contribution is 9.10. The van der Waals surface area contributed by atoms with E-state index in [-0.39, 0.29) is 11.0 Å². The molecular weight excluding hydrogens is 322 g/mol. The lowest BCUT2D eigenvalue weighted by atomic mass is 10.1. The van der Waals surface area contributed by atoms with Crippen molar-refractivity contribution in [2.24, 2.45) is 0 Å². The quantitative estimate of drug-likeness (QED) is 0.900. The molecule has 1 aliphatic rings. The molecule has 0 aliphatic carbocycles. The van der Waals surface area contributed by atoms with Crippen LogP contribution in [0.4, 0.5) is 14.5 Å². The van der Waals surface area contributed by atoms with Crippen molar-refractivity contribution in [3.8, 4) is 0 Å². The van der Waals surface area contributed by atoms with Crippen LogP contribution in [-0.2, 0) is 9.59 Å². The number of nitrogens with zero attached hydrogens (tertiary/aromatic N) is 1. The first kappa shape index (κ1) is 13.9. The molecule has 7 heteroatoms. The molecular formula is C12H11BrF2N2O2. The molecule has 1 aliphatic heterocycles. The molecule has 1 heterocycles. The van der Waals surface area contributed by atoms with E-state index in [0.717, 1.165) is 17.0 Å². The zero-order chi connectivity index (χ0) is 14.2. The van der Waals surface area contributed by atoms with Gasteiger partial charge in [0.05, 0.1) is 0 Å². The Labute approximate surface area is 116 Å². The van der Waals surface area contributed by atoms with Crippen molar-refractivity contribution in [2.75, 3.05) is 11.4 Å². The molecule has 19 heavy (non-hydrogen) atoms. The molecule has 0 aromatic heterocycles. The topological polar surface area (TPSA) is 49.4 Å². The minimum absolute atomic E-state index is 0.229. The second kappa shape index (κ2) is 5.24. The highest BCUT2D eigenvalue weighted by Gasteiger charge is 2.35. The van der Waals surface area contributed by atoms with Crippen LogP contribution in [0.2, 0.25) is 0 Å². The number of anilines is 1. The number of carbonyl (C=O) groups is 2. The van der Waals surface area contributed by atoms with Crippen LogP contribution >= 0.6 is 15.9 Å². The SMILES string of the molecule is CCC1NC(=O)CN(c2c(F)cc(Br)cc2F)C1=O. The fourth-order valence-corrected chi connectivity index (χ4v) is 2.37. The third-order valence-corrected chi connectivity index (χ3v) is 3.32. The molecule has 1 aromatic rings. The van der Waals surface area contributed by atoms with Crippen molar-refractivity contribution in [2.45, 2.75) is 19.4 Å². The van der Waals surface area contributed by atoms with Crippen LogP contribution in [0.5, 0.6) is 0 Å². The van der Waals surface area contributed by atoms with Gasteiger partial charge in [-0.25, -0.2) is 8.78 Å². The number of hydrogen-bond donors (Lipinski definition) is 1. The van der Waals surface area contributed by atoms with Gasteiger partial charge >= 0.3 is 0 Å². The number of rotatable bonds is 2. The van der Waals surface area contributed by atoms with E-state index >= 15 is 0 Å². The van der Waals surface area contributed by atoms with Crippen LogP contribution in [0.25, 0.3) is 0 Å². The summed E-state index contributed by atoms with van der Waals surface area (Å²) < 4.78 is 27.9. The fourth-order valence-electron chi connectivity index (χ4n) is 1.97. The minimum Gasteiger partial charge on any atom is -0.343 e. The van der Waals surface area contributed by atoms with Gasteiger partial charge < -0.3 is 5.32 Å². The smallest absolute Gasteiger partial charge is 0.250 e. The highest BCUT2D eigenvalue weighted by atomic mass is 79.9. The van der Waals surface area contributed by atoms with Crippen LogP contribution in [0.1, 0.15) is 13.3 Å². The van der Waals surface area contributed by atoms with Crippen molar-refractivity contribution >= 4 is 33.4 Å². The van der Waals surface area contributed by atoms with Crippen molar-refractivity contribution < 1.29 is 18.4 Å². The molecule has 1 saturated heterocycles. The molecule has 1 fully saturated rings. The molecule has 0 radical (unpaired) electrons. The first-order valence-electron chi connectivity index (χ1n) is 5.69. The number of carbonyl (C=O) groups excluding carboxylic acids is 2. The van der Waals surface area contributed by atoms with Crippen LogP contribution in [0.3, 0.4) is 0 Å². The van der Waals surface area contributed by atoms with Gasteiger partial charge in [0, 0.05) is 4.47 Å². The van der Waals surface area contributed by atoms with Gasteiger partial charge in [0.15, 0.2) is 11.6 Å². The second-order valence-corrected chi connectivity index (χ2v) is 5.09. The summed E-state index contributed by atoms with van der Waals surface area (Å²) >= 11 is 2.96. The normalized spacial score (nSPS) is 19.6. The number of nitrogens with one attached hydrogen (secondary N) is 1. The molecule has 0 spiro atoms. The third-order valence-electron chi connectivity index (χ3n) is 2.86. The molecule has 2 amide bonds. The number of halogens is 3. The van der Waals surface area contributed by atoms with E-state index in [2.05, 4.69) is 21.2 Å². The molecule has 1 unspecified atom stereocenters. The molecule has 102 valence electrons. The summed E-state index contributed by atoms with van der Waals surface area (Å²) in [6.45, 7) is 1.32. The van der Waals surface area contributed by atoms with E-state index in [1.807, 2.05) is 0 Å². The Kier molecular flexibility index (Phi) is 3.84. The number of hydrogen-bond acceptors (Lipinski definition) is 2. The van der Waals surface area contributed by atoms with Gasteiger partial charge in [-0.15, -0.1) is 0 Å². The molecule has 1 atom stereocenters. The maximum absolute atomic E-state index is 13.8. The molecule has 2 rings (SSSR count). The summed E-state index contributed by atoms with van der Waals surface area (Å²) in [5.41, 5.74) is -0.485. The molecule has 4 nitrogen and oxygen atoms in total. The lowest BCUT2D eigenvalue weighted by molar-refractivity contribution is -0.131. The second-order valence-electron chi connectivity index (χ2n) is 4.17. The van der Waals surface area contributed by atoms with Crippen molar-refractivity contribution in [1.82, 2.24) is 5.32 Å². The average Bonchev–Trinajstić information content (AvgIpc) is 2.31. The predicted molar refractivity (Wildman–Crippen MR) is 68.6 cm³/mol. The number of benzene rings is 1. The lowest BCUT2D eigenvalue weighted by Gasteiger charge is -2.32.